The van der Waals surface area contributed by atoms with Crippen molar-refractivity contribution in [2.45, 2.75) is 4.90 Å². The van der Waals surface area contributed by atoms with Crippen molar-refractivity contribution >= 4 is 26.9 Å². The van der Waals surface area contributed by atoms with Gasteiger partial charge in [0.1, 0.15) is 0 Å². The van der Waals surface area contributed by atoms with E-state index in [1.54, 1.807) is 30.2 Å². The van der Waals surface area contributed by atoms with Gasteiger partial charge in [-0.05, 0) is 18.2 Å². The van der Waals surface area contributed by atoms with Crippen LogP contribution in [0.1, 0.15) is 0 Å². The highest BCUT2D eigenvalue weighted by Gasteiger charge is 2.09. The van der Waals surface area contributed by atoms with Crippen molar-refractivity contribution in [1.29, 1.82) is 0 Å². The molecule has 7 heteroatoms. The summed E-state index contributed by atoms with van der Waals surface area (Å²) < 4.78 is 24.4. The quantitative estimate of drug-likeness (QED) is 0.813. The zero-order valence-electron chi connectivity index (χ0n) is 10.1. The Bertz CT molecular complexity index is 676. The molecular formula is C11H14N4O2S. The summed E-state index contributed by atoms with van der Waals surface area (Å²) >= 11 is 0. The lowest BCUT2D eigenvalue weighted by atomic mass is 10.2. The number of nitrogens with zero attached hydrogens (tertiary/aromatic N) is 2. The van der Waals surface area contributed by atoms with Crippen LogP contribution in [-0.4, -0.2) is 24.5 Å². The fourth-order valence-electron chi connectivity index (χ4n) is 1.53. The molecule has 6 nitrogen and oxygen atoms in total. The topological polar surface area (TPSA) is 90.0 Å². The maximum atomic E-state index is 11.4. The van der Waals surface area contributed by atoms with Crippen molar-refractivity contribution in [3.63, 3.8) is 0 Å². The maximum absolute atomic E-state index is 11.4. The van der Waals surface area contributed by atoms with Crippen molar-refractivity contribution in [2.24, 2.45) is 7.05 Å². The summed E-state index contributed by atoms with van der Waals surface area (Å²) in [7, 11) is -1.43. The van der Waals surface area contributed by atoms with Gasteiger partial charge >= 0.3 is 0 Å². The predicted molar refractivity (Wildman–Crippen MR) is 70.5 cm³/mol. The van der Waals surface area contributed by atoms with Gasteiger partial charge in [0.05, 0.1) is 28.2 Å². The van der Waals surface area contributed by atoms with Crippen LogP contribution in [0.5, 0.6) is 0 Å². The van der Waals surface area contributed by atoms with E-state index in [0.29, 0.717) is 11.4 Å². The first kappa shape index (κ1) is 12.4. The molecule has 0 aliphatic rings. The Kier molecular flexibility index (Phi) is 3.00. The highest BCUT2D eigenvalue weighted by Crippen LogP contribution is 2.25. The van der Waals surface area contributed by atoms with E-state index in [9.17, 15) is 8.42 Å². The van der Waals surface area contributed by atoms with Gasteiger partial charge in [-0.3, -0.25) is 4.68 Å². The Hall–Kier alpha value is -2.02. The van der Waals surface area contributed by atoms with E-state index in [-0.39, 0.29) is 4.90 Å². The number of aromatic nitrogens is 2. The van der Waals surface area contributed by atoms with Crippen molar-refractivity contribution in [2.75, 3.05) is 17.3 Å². The second kappa shape index (κ2) is 4.34. The minimum atomic E-state index is -3.24. The smallest absolute Gasteiger partial charge is 0.175 e. The van der Waals surface area contributed by atoms with Gasteiger partial charge in [0.2, 0.25) is 0 Å². The number of hydrogen-bond donors (Lipinski definition) is 2. The van der Waals surface area contributed by atoms with E-state index >= 15 is 0 Å². The van der Waals surface area contributed by atoms with E-state index in [1.807, 2.05) is 0 Å². The number of hydrogen-bond acceptors (Lipinski definition) is 5. The molecule has 0 bridgehead atoms. The molecule has 2 rings (SSSR count). The van der Waals surface area contributed by atoms with Gasteiger partial charge in [0.15, 0.2) is 9.84 Å². The van der Waals surface area contributed by atoms with Gasteiger partial charge in [-0.15, -0.1) is 0 Å². The molecule has 0 aliphatic carbocycles. The van der Waals surface area contributed by atoms with Crippen molar-refractivity contribution in [1.82, 2.24) is 9.78 Å². The molecular weight excluding hydrogens is 252 g/mol. The van der Waals surface area contributed by atoms with Gasteiger partial charge in [-0.1, -0.05) is 0 Å². The monoisotopic (exact) mass is 266 g/mol. The van der Waals surface area contributed by atoms with Crippen molar-refractivity contribution in [3.05, 3.63) is 30.6 Å². The summed E-state index contributed by atoms with van der Waals surface area (Å²) in [5, 5.41) is 7.09. The zero-order chi connectivity index (χ0) is 13.3. The molecule has 0 radical (unpaired) electrons. The Labute approximate surface area is 105 Å². The summed E-state index contributed by atoms with van der Waals surface area (Å²) in [6.07, 6.45) is 4.60. The average molecular weight is 266 g/mol. The molecule has 0 saturated heterocycles. The number of aryl methyl sites for hydroxylation is 1. The number of nitrogens with two attached hydrogens (primary N) is 1. The SMILES string of the molecule is Cn1cc(Nc2ccc(S(C)(=O)=O)cc2N)cn1. The number of nitrogen functional groups attached to an aromatic ring is 1. The molecule has 0 unspecified atom stereocenters. The molecule has 0 atom stereocenters. The van der Waals surface area contributed by atoms with Gasteiger partial charge in [-0.25, -0.2) is 8.42 Å². The van der Waals surface area contributed by atoms with Crippen molar-refractivity contribution in [3.8, 4) is 0 Å². The fraction of sp³-hybridized carbons (Fsp3) is 0.182. The molecule has 2 aromatic rings. The first-order valence-corrected chi connectivity index (χ1v) is 7.10. The molecule has 1 aromatic heterocycles. The van der Waals surface area contributed by atoms with E-state index in [4.69, 9.17) is 5.73 Å². The number of nitrogens with one attached hydrogen (secondary N) is 1. The molecule has 0 fully saturated rings. The molecule has 3 N–H and O–H groups in total. The molecule has 96 valence electrons. The van der Waals surface area contributed by atoms with Crippen LogP contribution in [0.3, 0.4) is 0 Å². The molecule has 0 spiro atoms. The lowest BCUT2D eigenvalue weighted by Gasteiger charge is -2.08. The van der Waals surface area contributed by atoms with Gasteiger partial charge in [0, 0.05) is 19.5 Å². The number of benzene rings is 1. The summed E-state index contributed by atoms with van der Waals surface area (Å²) in [5.41, 5.74) is 7.63. The fourth-order valence-corrected chi connectivity index (χ4v) is 2.18. The first-order chi connectivity index (χ1) is 8.36. The second-order valence-electron chi connectivity index (χ2n) is 4.05. The van der Waals surface area contributed by atoms with E-state index in [1.165, 1.54) is 12.1 Å². The largest absolute Gasteiger partial charge is 0.397 e. The van der Waals surface area contributed by atoms with Crippen LogP contribution in [0.4, 0.5) is 17.1 Å². The Morgan fingerprint density at radius 3 is 2.61 bits per heavy atom. The summed E-state index contributed by atoms with van der Waals surface area (Å²) in [6, 6.07) is 4.59. The third kappa shape index (κ3) is 2.62. The van der Waals surface area contributed by atoms with E-state index in [0.717, 1.165) is 11.9 Å². The maximum Gasteiger partial charge on any atom is 0.175 e. The van der Waals surface area contributed by atoms with Crippen LogP contribution < -0.4 is 11.1 Å². The Balaban J connectivity index is 2.31. The minimum absolute atomic E-state index is 0.205. The van der Waals surface area contributed by atoms with E-state index in [2.05, 4.69) is 10.4 Å². The Morgan fingerprint density at radius 2 is 2.11 bits per heavy atom. The lowest BCUT2D eigenvalue weighted by molar-refractivity contribution is 0.602. The van der Waals surface area contributed by atoms with Crippen molar-refractivity contribution < 1.29 is 8.42 Å². The summed E-state index contributed by atoms with van der Waals surface area (Å²) in [6.45, 7) is 0. The normalized spacial score (nSPS) is 11.4. The van der Waals surface area contributed by atoms with E-state index < -0.39 is 9.84 Å². The predicted octanol–water partition coefficient (Wildman–Crippen LogP) is 1.15. The van der Waals surface area contributed by atoms with Crippen LogP contribution in [-0.2, 0) is 16.9 Å². The highest BCUT2D eigenvalue weighted by atomic mass is 32.2. The van der Waals surface area contributed by atoms with Crippen LogP contribution in [0.2, 0.25) is 0 Å². The summed E-state index contributed by atoms with van der Waals surface area (Å²) in [5.74, 6) is 0. The van der Waals surface area contributed by atoms with Crippen LogP contribution in [0.15, 0.2) is 35.5 Å². The molecule has 18 heavy (non-hydrogen) atoms. The molecule has 1 aromatic carbocycles. The number of rotatable bonds is 3. The molecule has 1 heterocycles. The lowest BCUT2D eigenvalue weighted by Crippen LogP contribution is -2.01. The van der Waals surface area contributed by atoms with Gasteiger partial charge < -0.3 is 11.1 Å². The number of sulfone groups is 1. The standard InChI is InChI=1S/C11H14N4O2S/c1-15-7-8(6-13-15)14-11-4-3-9(5-10(11)12)18(2,16)17/h3-7,14H,12H2,1-2H3. The Morgan fingerprint density at radius 1 is 1.39 bits per heavy atom. The minimum Gasteiger partial charge on any atom is -0.397 e. The van der Waals surface area contributed by atoms with Gasteiger partial charge in [0.25, 0.3) is 0 Å². The molecule has 0 saturated carbocycles. The van der Waals surface area contributed by atoms with Crippen LogP contribution >= 0.6 is 0 Å². The molecule has 0 aliphatic heterocycles. The van der Waals surface area contributed by atoms with Gasteiger partial charge in [-0.2, -0.15) is 5.10 Å². The van der Waals surface area contributed by atoms with Crippen LogP contribution in [0, 0.1) is 0 Å². The zero-order valence-corrected chi connectivity index (χ0v) is 10.9. The third-order valence-corrected chi connectivity index (χ3v) is 3.55. The van der Waals surface area contributed by atoms with Crippen LogP contribution in [0.25, 0.3) is 0 Å². The second-order valence-corrected chi connectivity index (χ2v) is 6.06. The average Bonchev–Trinajstić information content (AvgIpc) is 2.65. The first-order valence-electron chi connectivity index (χ1n) is 5.21. The number of anilines is 3. The third-order valence-electron chi connectivity index (χ3n) is 2.44. The molecule has 0 amide bonds. The summed E-state index contributed by atoms with van der Waals surface area (Å²) in [4.78, 5) is 0.205. The highest BCUT2D eigenvalue weighted by molar-refractivity contribution is 7.90.